The van der Waals surface area contributed by atoms with Crippen LogP contribution in [0.4, 0.5) is 5.69 Å². The van der Waals surface area contributed by atoms with Crippen LogP contribution in [0.2, 0.25) is 0 Å². The van der Waals surface area contributed by atoms with E-state index in [2.05, 4.69) is 28.4 Å². The van der Waals surface area contributed by atoms with E-state index in [0.717, 1.165) is 43.9 Å². The quantitative estimate of drug-likeness (QED) is 0.745. The first-order chi connectivity index (χ1) is 12.2. The molecule has 3 aromatic rings. The van der Waals surface area contributed by atoms with Gasteiger partial charge in [0.25, 0.3) is 0 Å². The number of aryl methyl sites for hydroxylation is 1. The Labute approximate surface area is 145 Å². The van der Waals surface area contributed by atoms with Gasteiger partial charge in [-0.3, -0.25) is 9.67 Å². The summed E-state index contributed by atoms with van der Waals surface area (Å²) in [6.45, 7) is 4.52. The van der Waals surface area contributed by atoms with Crippen molar-refractivity contribution < 1.29 is 9.15 Å². The Morgan fingerprint density at radius 3 is 3.20 bits per heavy atom. The average Bonchev–Trinajstić information content (AvgIpc) is 3.24. The zero-order chi connectivity index (χ0) is 17.2. The first-order valence-electron chi connectivity index (χ1n) is 8.74. The Morgan fingerprint density at radius 1 is 1.40 bits per heavy atom. The second kappa shape index (κ2) is 6.76. The number of rotatable bonds is 5. The number of aromatic amines is 1. The van der Waals surface area contributed by atoms with Crippen molar-refractivity contribution in [1.29, 1.82) is 0 Å². The number of benzene rings is 1. The molecular formula is C18H22N4O3. The number of nitrogens with zero attached hydrogens (tertiary/aromatic N) is 2. The number of oxazole rings is 1. The van der Waals surface area contributed by atoms with Gasteiger partial charge in [0.15, 0.2) is 5.58 Å². The smallest absolute Gasteiger partial charge is 0.408 e. The molecule has 0 spiro atoms. The van der Waals surface area contributed by atoms with Crippen molar-refractivity contribution in [3.8, 4) is 0 Å². The summed E-state index contributed by atoms with van der Waals surface area (Å²) < 4.78 is 13.1. The Hall–Kier alpha value is -2.54. The molecule has 2 N–H and O–H groups in total. The van der Waals surface area contributed by atoms with E-state index < -0.39 is 5.76 Å². The standard InChI is InChI=1S/C18H22N4O3/c1-2-22-15(7-8-20-22)17-12(4-3-9-24-17)11-19-13-5-6-16-14(10-13)21-18(23)25-16/h5-8,10,12,17,19H,2-4,9,11H2,1H3,(H,21,23)/t12-,17+/m0/s1. The third-order valence-corrected chi connectivity index (χ3v) is 4.77. The highest BCUT2D eigenvalue weighted by atomic mass is 16.5. The Morgan fingerprint density at radius 2 is 2.32 bits per heavy atom. The summed E-state index contributed by atoms with van der Waals surface area (Å²) in [7, 11) is 0. The summed E-state index contributed by atoms with van der Waals surface area (Å²) in [4.78, 5) is 14.0. The van der Waals surface area contributed by atoms with Gasteiger partial charge in [-0.25, -0.2) is 4.79 Å². The summed E-state index contributed by atoms with van der Waals surface area (Å²) in [5, 5.41) is 7.84. The molecule has 1 fully saturated rings. The van der Waals surface area contributed by atoms with E-state index in [1.165, 1.54) is 0 Å². The van der Waals surface area contributed by atoms with Crippen molar-refractivity contribution in [3.63, 3.8) is 0 Å². The van der Waals surface area contributed by atoms with Crippen LogP contribution in [0, 0.1) is 5.92 Å². The molecule has 0 radical (unpaired) electrons. The molecule has 25 heavy (non-hydrogen) atoms. The normalized spacial score (nSPS) is 20.8. The van der Waals surface area contributed by atoms with E-state index in [1.54, 1.807) is 6.07 Å². The van der Waals surface area contributed by atoms with Crippen molar-refractivity contribution in [3.05, 3.63) is 46.7 Å². The van der Waals surface area contributed by atoms with Crippen LogP contribution in [-0.4, -0.2) is 27.9 Å². The topological polar surface area (TPSA) is 85.1 Å². The molecule has 1 aliphatic rings. The number of hydrogen-bond acceptors (Lipinski definition) is 5. The van der Waals surface area contributed by atoms with Crippen LogP contribution in [0.25, 0.3) is 11.1 Å². The summed E-state index contributed by atoms with van der Waals surface area (Å²) in [6, 6.07) is 7.68. The molecule has 7 heteroatoms. The van der Waals surface area contributed by atoms with Crippen LogP contribution in [-0.2, 0) is 11.3 Å². The van der Waals surface area contributed by atoms with Crippen LogP contribution in [0.1, 0.15) is 31.6 Å². The van der Waals surface area contributed by atoms with Gasteiger partial charge in [0, 0.05) is 37.5 Å². The maximum atomic E-state index is 11.3. The molecular weight excluding hydrogens is 320 g/mol. The number of H-pyrrole nitrogens is 1. The maximum absolute atomic E-state index is 11.3. The van der Waals surface area contributed by atoms with E-state index in [1.807, 2.05) is 23.0 Å². The van der Waals surface area contributed by atoms with Gasteiger partial charge in [-0.2, -0.15) is 5.10 Å². The van der Waals surface area contributed by atoms with E-state index in [9.17, 15) is 4.79 Å². The van der Waals surface area contributed by atoms with Crippen molar-refractivity contribution in [1.82, 2.24) is 14.8 Å². The summed E-state index contributed by atoms with van der Waals surface area (Å²) in [5.74, 6) is -0.0597. The highest BCUT2D eigenvalue weighted by Crippen LogP contribution is 2.33. The Balaban J connectivity index is 1.50. The summed E-state index contributed by atoms with van der Waals surface area (Å²) >= 11 is 0. The maximum Gasteiger partial charge on any atom is 0.417 e. The van der Waals surface area contributed by atoms with Crippen molar-refractivity contribution in [2.45, 2.75) is 32.4 Å². The van der Waals surface area contributed by atoms with Crippen LogP contribution >= 0.6 is 0 Å². The highest BCUT2D eigenvalue weighted by molar-refractivity contribution is 5.76. The van der Waals surface area contributed by atoms with Gasteiger partial charge in [0.1, 0.15) is 6.10 Å². The molecule has 4 rings (SSSR count). The molecule has 2 atom stereocenters. The van der Waals surface area contributed by atoms with Gasteiger partial charge in [-0.1, -0.05) is 0 Å². The van der Waals surface area contributed by atoms with Crippen molar-refractivity contribution in [2.24, 2.45) is 5.92 Å². The molecule has 1 saturated heterocycles. The predicted molar refractivity (Wildman–Crippen MR) is 94.6 cm³/mol. The lowest BCUT2D eigenvalue weighted by molar-refractivity contribution is -0.0288. The fourth-order valence-electron chi connectivity index (χ4n) is 3.54. The molecule has 0 aliphatic carbocycles. The molecule has 0 bridgehead atoms. The van der Waals surface area contributed by atoms with Gasteiger partial charge in [-0.15, -0.1) is 0 Å². The monoisotopic (exact) mass is 342 g/mol. The van der Waals surface area contributed by atoms with Crippen molar-refractivity contribution in [2.75, 3.05) is 18.5 Å². The lowest BCUT2D eigenvalue weighted by Crippen LogP contribution is -2.30. The fourth-order valence-corrected chi connectivity index (χ4v) is 3.54. The fraction of sp³-hybridized carbons (Fsp3) is 0.444. The molecule has 0 saturated carbocycles. The number of ether oxygens (including phenoxy) is 1. The molecule has 0 unspecified atom stereocenters. The van der Waals surface area contributed by atoms with Gasteiger partial charge >= 0.3 is 5.76 Å². The first kappa shape index (κ1) is 16.0. The molecule has 132 valence electrons. The molecule has 7 nitrogen and oxygen atoms in total. The highest BCUT2D eigenvalue weighted by Gasteiger charge is 2.29. The minimum absolute atomic E-state index is 0.0566. The number of aromatic nitrogens is 3. The number of anilines is 1. The first-order valence-corrected chi connectivity index (χ1v) is 8.74. The van der Waals surface area contributed by atoms with Gasteiger partial charge < -0.3 is 14.5 Å². The zero-order valence-corrected chi connectivity index (χ0v) is 14.2. The Bertz CT molecular complexity index is 910. The van der Waals surface area contributed by atoms with E-state index in [4.69, 9.17) is 9.15 Å². The molecule has 3 heterocycles. The molecule has 1 aromatic carbocycles. The van der Waals surface area contributed by atoms with Crippen LogP contribution < -0.4 is 11.1 Å². The zero-order valence-electron chi connectivity index (χ0n) is 14.2. The second-order valence-corrected chi connectivity index (χ2v) is 6.37. The average molecular weight is 342 g/mol. The van der Waals surface area contributed by atoms with Gasteiger partial charge in [-0.05, 0) is 44.0 Å². The van der Waals surface area contributed by atoms with E-state index >= 15 is 0 Å². The third-order valence-electron chi connectivity index (χ3n) is 4.77. The minimum Gasteiger partial charge on any atom is -0.408 e. The lowest BCUT2D eigenvalue weighted by atomic mass is 9.92. The van der Waals surface area contributed by atoms with E-state index in [-0.39, 0.29) is 6.10 Å². The predicted octanol–water partition coefficient (Wildman–Crippen LogP) is 2.92. The third kappa shape index (κ3) is 3.19. The van der Waals surface area contributed by atoms with Crippen LogP contribution in [0.3, 0.4) is 0 Å². The lowest BCUT2D eigenvalue weighted by Gasteiger charge is -2.32. The number of fused-ring (bicyclic) bond motifs is 1. The number of nitrogens with one attached hydrogen (secondary N) is 2. The molecule has 1 aliphatic heterocycles. The summed E-state index contributed by atoms with van der Waals surface area (Å²) in [6.07, 6.45) is 4.07. The molecule has 0 amide bonds. The van der Waals surface area contributed by atoms with E-state index in [0.29, 0.717) is 17.0 Å². The summed E-state index contributed by atoms with van der Waals surface area (Å²) in [5.41, 5.74) is 3.37. The van der Waals surface area contributed by atoms with Gasteiger partial charge in [0.05, 0.1) is 11.2 Å². The number of hydrogen-bond donors (Lipinski definition) is 2. The Kier molecular flexibility index (Phi) is 4.31. The largest absolute Gasteiger partial charge is 0.417 e. The van der Waals surface area contributed by atoms with Gasteiger partial charge in [0.2, 0.25) is 0 Å². The minimum atomic E-state index is -0.430. The second-order valence-electron chi connectivity index (χ2n) is 6.37. The van der Waals surface area contributed by atoms with Crippen molar-refractivity contribution >= 4 is 16.8 Å². The van der Waals surface area contributed by atoms with Crippen LogP contribution in [0.5, 0.6) is 0 Å². The molecule has 2 aromatic heterocycles. The SMILES string of the molecule is CCn1nccc1[C@@H]1OCCC[C@H]1CNc1ccc2oc(=O)[nH]c2c1. The van der Waals surface area contributed by atoms with Crippen LogP contribution in [0.15, 0.2) is 39.7 Å².